The molecular formula is C18H23N3O3. The summed E-state index contributed by atoms with van der Waals surface area (Å²) in [4.78, 5) is 23.5. The number of carbonyl (C=O) groups excluding carboxylic acids is 1. The molecule has 1 aromatic heterocycles. The van der Waals surface area contributed by atoms with Crippen LogP contribution < -0.4 is 5.32 Å². The molecule has 1 amide bonds. The second-order valence-electron chi connectivity index (χ2n) is 5.89. The van der Waals surface area contributed by atoms with Crippen molar-refractivity contribution in [2.75, 3.05) is 0 Å². The van der Waals surface area contributed by atoms with Crippen molar-refractivity contribution in [2.45, 2.75) is 39.8 Å². The predicted molar refractivity (Wildman–Crippen MR) is 90.9 cm³/mol. The quantitative estimate of drug-likeness (QED) is 0.816. The number of benzene rings is 1. The van der Waals surface area contributed by atoms with Gasteiger partial charge in [-0.25, -0.2) is 0 Å². The number of hydrogen-bond donors (Lipinski definition) is 2. The van der Waals surface area contributed by atoms with Crippen molar-refractivity contribution in [3.63, 3.8) is 0 Å². The maximum Gasteiger partial charge on any atom is 0.308 e. The van der Waals surface area contributed by atoms with Crippen molar-refractivity contribution in [1.29, 1.82) is 0 Å². The van der Waals surface area contributed by atoms with E-state index < -0.39 is 17.9 Å². The highest BCUT2D eigenvalue weighted by Gasteiger charge is 2.23. The third kappa shape index (κ3) is 4.01. The lowest BCUT2D eigenvalue weighted by Crippen LogP contribution is -2.40. The molecular weight excluding hydrogens is 306 g/mol. The maximum absolute atomic E-state index is 12.5. The van der Waals surface area contributed by atoms with Crippen LogP contribution in [0.4, 0.5) is 0 Å². The number of aromatic nitrogens is 2. The molecule has 2 N–H and O–H groups in total. The molecule has 0 aliphatic heterocycles. The van der Waals surface area contributed by atoms with E-state index in [1.54, 1.807) is 20.0 Å². The smallest absolute Gasteiger partial charge is 0.308 e. The highest BCUT2D eigenvalue weighted by molar-refractivity contribution is 5.95. The van der Waals surface area contributed by atoms with Gasteiger partial charge in [0, 0.05) is 6.04 Å². The van der Waals surface area contributed by atoms with Crippen LogP contribution in [0.25, 0.3) is 0 Å². The van der Waals surface area contributed by atoms with E-state index in [0.717, 1.165) is 11.3 Å². The summed E-state index contributed by atoms with van der Waals surface area (Å²) >= 11 is 0. The average molecular weight is 329 g/mol. The number of amides is 1. The molecule has 2 aromatic rings. The summed E-state index contributed by atoms with van der Waals surface area (Å²) in [6.45, 7) is 5.83. The minimum absolute atomic E-state index is 0.285. The van der Waals surface area contributed by atoms with Crippen molar-refractivity contribution < 1.29 is 14.7 Å². The van der Waals surface area contributed by atoms with Gasteiger partial charge in [0.05, 0.1) is 29.9 Å². The van der Waals surface area contributed by atoms with E-state index >= 15 is 0 Å². The first kappa shape index (κ1) is 17.7. The topological polar surface area (TPSA) is 84.2 Å². The first-order valence-corrected chi connectivity index (χ1v) is 8.06. The third-order valence-corrected chi connectivity index (χ3v) is 4.20. The minimum atomic E-state index is -0.932. The molecule has 128 valence electrons. The fourth-order valence-corrected chi connectivity index (χ4v) is 2.49. The largest absolute Gasteiger partial charge is 0.481 e. The zero-order chi connectivity index (χ0) is 17.7. The fourth-order valence-electron chi connectivity index (χ4n) is 2.49. The van der Waals surface area contributed by atoms with E-state index in [4.69, 9.17) is 5.11 Å². The number of nitrogens with one attached hydrogen (secondary N) is 1. The van der Waals surface area contributed by atoms with Crippen molar-refractivity contribution in [1.82, 2.24) is 15.1 Å². The van der Waals surface area contributed by atoms with Crippen LogP contribution in [-0.4, -0.2) is 32.8 Å². The summed E-state index contributed by atoms with van der Waals surface area (Å²) in [7, 11) is 0. The van der Waals surface area contributed by atoms with Crippen LogP contribution in [0.1, 0.15) is 42.4 Å². The van der Waals surface area contributed by atoms with Gasteiger partial charge in [-0.3, -0.25) is 14.3 Å². The van der Waals surface area contributed by atoms with Gasteiger partial charge in [-0.15, -0.1) is 0 Å². The lowest BCUT2D eigenvalue weighted by molar-refractivity contribution is -0.141. The van der Waals surface area contributed by atoms with Crippen molar-refractivity contribution >= 4 is 11.9 Å². The SMILES string of the molecule is CCc1c(C(=O)NC(C)C(C)C(=O)O)cnn1Cc1ccccc1. The Morgan fingerprint density at radius 2 is 1.92 bits per heavy atom. The first-order chi connectivity index (χ1) is 11.4. The number of nitrogens with zero attached hydrogens (tertiary/aromatic N) is 2. The van der Waals surface area contributed by atoms with Gasteiger partial charge in [0.25, 0.3) is 5.91 Å². The molecule has 0 saturated heterocycles. The molecule has 0 bridgehead atoms. The molecule has 6 nitrogen and oxygen atoms in total. The average Bonchev–Trinajstić information content (AvgIpc) is 2.97. The fraction of sp³-hybridized carbons (Fsp3) is 0.389. The summed E-state index contributed by atoms with van der Waals surface area (Å²) in [5.41, 5.74) is 2.44. The van der Waals surface area contributed by atoms with E-state index in [2.05, 4.69) is 10.4 Å². The van der Waals surface area contributed by atoms with Crippen LogP contribution in [0.2, 0.25) is 0 Å². The normalized spacial score (nSPS) is 13.3. The maximum atomic E-state index is 12.5. The molecule has 0 spiro atoms. The van der Waals surface area contributed by atoms with Gasteiger partial charge in [-0.05, 0) is 25.8 Å². The summed E-state index contributed by atoms with van der Waals surface area (Å²) in [6, 6.07) is 9.45. The van der Waals surface area contributed by atoms with E-state index in [-0.39, 0.29) is 5.91 Å². The van der Waals surface area contributed by atoms with Gasteiger partial charge in [0.1, 0.15) is 0 Å². The predicted octanol–water partition coefficient (Wildman–Crippen LogP) is 2.33. The lowest BCUT2D eigenvalue weighted by Gasteiger charge is -2.17. The third-order valence-electron chi connectivity index (χ3n) is 4.20. The van der Waals surface area contributed by atoms with E-state index in [1.165, 1.54) is 0 Å². The number of hydrogen-bond acceptors (Lipinski definition) is 3. The van der Waals surface area contributed by atoms with Gasteiger partial charge in [-0.1, -0.05) is 37.3 Å². The molecule has 2 rings (SSSR count). The molecule has 1 aromatic carbocycles. The standard InChI is InChI=1S/C18H23N3O3/c1-4-16-15(17(22)20-13(3)12(2)18(23)24)10-19-21(16)11-14-8-6-5-7-9-14/h5-10,12-13H,4,11H2,1-3H3,(H,20,22)(H,23,24). The second kappa shape index (κ2) is 7.77. The summed E-state index contributed by atoms with van der Waals surface area (Å²) < 4.78 is 1.82. The number of carboxylic acids is 1. The van der Waals surface area contributed by atoms with Crippen molar-refractivity contribution in [3.8, 4) is 0 Å². The highest BCUT2D eigenvalue weighted by atomic mass is 16.4. The van der Waals surface area contributed by atoms with E-state index in [1.807, 2.05) is 41.9 Å². The van der Waals surface area contributed by atoms with Gasteiger partial charge < -0.3 is 10.4 Å². The first-order valence-electron chi connectivity index (χ1n) is 8.06. The monoisotopic (exact) mass is 329 g/mol. The van der Waals surface area contributed by atoms with Crippen LogP contribution in [0.3, 0.4) is 0 Å². The van der Waals surface area contributed by atoms with Crippen molar-refractivity contribution in [2.24, 2.45) is 5.92 Å². The molecule has 24 heavy (non-hydrogen) atoms. The molecule has 0 aliphatic rings. The summed E-state index contributed by atoms with van der Waals surface area (Å²) in [5, 5.41) is 16.1. The Balaban J connectivity index is 2.16. The summed E-state index contributed by atoms with van der Waals surface area (Å²) in [6.07, 6.45) is 2.22. The number of aliphatic carboxylic acids is 1. The number of carboxylic acid groups (broad SMARTS) is 1. The van der Waals surface area contributed by atoms with Crippen LogP contribution in [0, 0.1) is 5.92 Å². The van der Waals surface area contributed by atoms with Gasteiger partial charge >= 0.3 is 5.97 Å². The van der Waals surface area contributed by atoms with Gasteiger partial charge in [-0.2, -0.15) is 5.10 Å². The van der Waals surface area contributed by atoms with Crippen LogP contribution in [0.15, 0.2) is 36.5 Å². The van der Waals surface area contributed by atoms with E-state index in [9.17, 15) is 9.59 Å². The molecule has 0 saturated carbocycles. The Bertz CT molecular complexity index is 710. The van der Waals surface area contributed by atoms with Crippen LogP contribution in [-0.2, 0) is 17.8 Å². The summed E-state index contributed by atoms with van der Waals surface area (Å²) in [5.74, 6) is -1.87. The Morgan fingerprint density at radius 3 is 2.50 bits per heavy atom. The van der Waals surface area contributed by atoms with Crippen LogP contribution in [0.5, 0.6) is 0 Å². The molecule has 0 aliphatic carbocycles. The Labute approximate surface area is 141 Å². The van der Waals surface area contributed by atoms with Crippen molar-refractivity contribution in [3.05, 3.63) is 53.3 Å². The Morgan fingerprint density at radius 1 is 1.25 bits per heavy atom. The lowest BCUT2D eigenvalue weighted by atomic mass is 10.0. The highest BCUT2D eigenvalue weighted by Crippen LogP contribution is 2.13. The minimum Gasteiger partial charge on any atom is -0.481 e. The zero-order valence-electron chi connectivity index (χ0n) is 14.2. The number of rotatable bonds is 7. The zero-order valence-corrected chi connectivity index (χ0v) is 14.2. The van der Waals surface area contributed by atoms with E-state index in [0.29, 0.717) is 18.5 Å². The second-order valence-corrected chi connectivity index (χ2v) is 5.89. The molecule has 0 radical (unpaired) electrons. The van der Waals surface area contributed by atoms with Gasteiger partial charge in [0.15, 0.2) is 0 Å². The van der Waals surface area contributed by atoms with Crippen LogP contribution >= 0.6 is 0 Å². The van der Waals surface area contributed by atoms with Gasteiger partial charge in [0.2, 0.25) is 0 Å². The number of carbonyl (C=O) groups is 2. The molecule has 6 heteroatoms. The molecule has 0 fully saturated rings. The molecule has 2 unspecified atom stereocenters. The Kier molecular flexibility index (Phi) is 5.73. The molecule has 1 heterocycles. The Hall–Kier alpha value is -2.63. The molecule has 2 atom stereocenters.